The van der Waals surface area contributed by atoms with Gasteiger partial charge in [-0.25, -0.2) is 19.1 Å². The van der Waals surface area contributed by atoms with Crippen molar-refractivity contribution in [1.82, 2.24) is 14.1 Å². The van der Waals surface area contributed by atoms with Crippen LogP contribution in [0.1, 0.15) is 43.7 Å². The fraction of sp³-hybridized carbons (Fsp3) is 0.385. The molecule has 2 aromatic carbocycles. The summed E-state index contributed by atoms with van der Waals surface area (Å²) in [4.78, 5) is 44.6. The van der Waals surface area contributed by atoms with Crippen LogP contribution in [-0.2, 0) is 24.3 Å². The number of halogens is 1. The van der Waals surface area contributed by atoms with E-state index in [2.05, 4.69) is 9.98 Å². The molecule has 3 aromatic rings. The Hall–Kier alpha value is -3.39. The maximum Gasteiger partial charge on any atom is 0.335 e. The molecule has 1 atom stereocenters. The van der Waals surface area contributed by atoms with Gasteiger partial charge < -0.3 is 5.11 Å². The summed E-state index contributed by atoms with van der Waals surface area (Å²) >= 11 is 5.99. The van der Waals surface area contributed by atoms with E-state index in [0.29, 0.717) is 10.7 Å². The van der Waals surface area contributed by atoms with Gasteiger partial charge in [0.15, 0.2) is 0 Å². The molecule has 0 bridgehead atoms. The lowest BCUT2D eigenvalue weighted by molar-refractivity contribution is -0.141. The second-order valence-electron chi connectivity index (χ2n) is 9.23. The van der Waals surface area contributed by atoms with Crippen molar-refractivity contribution in [2.75, 3.05) is 0 Å². The number of benzene rings is 2. The number of nitrogens with one attached hydrogen (secondary N) is 1. The van der Waals surface area contributed by atoms with Crippen molar-refractivity contribution in [3.63, 3.8) is 0 Å². The van der Waals surface area contributed by atoms with Gasteiger partial charge in [-0.05, 0) is 47.7 Å². The SMILES string of the molecule is C[C@@H](Cn1c(=O)[nH]/c(=N\c2ccc(CC3CCCC3)cc2)n(Cc2ccc(Cl)cc2)c1=O)C(=O)O. The van der Waals surface area contributed by atoms with Crippen LogP contribution in [-0.4, -0.2) is 25.2 Å². The van der Waals surface area contributed by atoms with E-state index >= 15 is 0 Å². The fourth-order valence-electron chi connectivity index (χ4n) is 4.45. The molecule has 8 nitrogen and oxygen atoms in total. The van der Waals surface area contributed by atoms with Crippen LogP contribution in [0.2, 0.25) is 5.02 Å². The second-order valence-corrected chi connectivity index (χ2v) is 9.67. The molecule has 2 N–H and O–H groups in total. The van der Waals surface area contributed by atoms with Gasteiger partial charge in [0.05, 0.1) is 18.2 Å². The first-order valence-electron chi connectivity index (χ1n) is 11.8. The van der Waals surface area contributed by atoms with Gasteiger partial charge in [-0.2, -0.15) is 0 Å². The lowest BCUT2D eigenvalue weighted by atomic mass is 9.98. The number of carboxylic acid groups (broad SMARTS) is 1. The van der Waals surface area contributed by atoms with Gasteiger partial charge in [-0.3, -0.25) is 14.3 Å². The highest BCUT2D eigenvalue weighted by Gasteiger charge is 2.17. The number of carbonyl (C=O) groups is 1. The number of aromatic nitrogens is 3. The molecule has 1 aliphatic rings. The number of aromatic amines is 1. The molecule has 4 rings (SSSR count). The number of carboxylic acids is 1. The predicted octanol–water partition coefficient (Wildman–Crippen LogP) is 3.73. The highest BCUT2D eigenvalue weighted by atomic mass is 35.5. The molecule has 1 aromatic heterocycles. The van der Waals surface area contributed by atoms with Crippen LogP contribution in [0.4, 0.5) is 5.69 Å². The number of aliphatic carboxylic acids is 1. The Kier molecular flexibility index (Phi) is 7.70. The van der Waals surface area contributed by atoms with Crippen molar-refractivity contribution in [1.29, 1.82) is 0 Å². The molecule has 35 heavy (non-hydrogen) atoms. The van der Waals surface area contributed by atoms with Crippen molar-refractivity contribution in [3.05, 3.63) is 91.3 Å². The molecule has 1 aliphatic carbocycles. The monoisotopic (exact) mass is 496 g/mol. The van der Waals surface area contributed by atoms with Crippen molar-refractivity contribution >= 4 is 23.3 Å². The number of rotatable bonds is 8. The van der Waals surface area contributed by atoms with E-state index in [0.717, 1.165) is 22.5 Å². The molecule has 0 unspecified atom stereocenters. The minimum absolute atomic E-state index is 0.0951. The zero-order chi connectivity index (χ0) is 24.9. The molecule has 184 valence electrons. The molecular formula is C26H29ClN4O4. The molecule has 0 radical (unpaired) electrons. The fourth-order valence-corrected chi connectivity index (χ4v) is 4.57. The zero-order valence-electron chi connectivity index (χ0n) is 19.6. The molecule has 9 heteroatoms. The van der Waals surface area contributed by atoms with E-state index in [-0.39, 0.29) is 18.7 Å². The summed E-state index contributed by atoms with van der Waals surface area (Å²) in [6.45, 7) is 1.33. The molecule has 0 saturated heterocycles. The van der Waals surface area contributed by atoms with Crippen molar-refractivity contribution in [2.45, 2.75) is 52.1 Å². The first-order chi connectivity index (χ1) is 16.8. The van der Waals surface area contributed by atoms with Crippen molar-refractivity contribution < 1.29 is 9.90 Å². The third kappa shape index (κ3) is 6.19. The Morgan fingerprint density at radius 3 is 2.31 bits per heavy atom. The van der Waals surface area contributed by atoms with E-state index in [1.165, 1.54) is 42.7 Å². The standard InChI is InChI=1S/C26H29ClN4O4/c1-17(23(32)33)15-31-25(34)29-24(30(26(31)35)16-20-6-10-21(27)11-7-20)28-22-12-8-19(9-13-22)14-18-4-2-3-5-18/h6-13,17-18H,2-5,14-16H2,1H3,(H,32,33)(H,28,29,34)/t17-/m0/s1. The Balaban J connectivity index is 1.73. The number of hydrogen-bond acceptors (Lipinski definition) is 4. The maximum absolute atomic E-state index is 13.3. The van der Waals surface area contributed by atoms with Gasteiger partial charge in [0.25, 0.3) is 0 Å². The Morgan fingerprint density at radius 2 is 1.69 bits per heavy atom. The van der Waals surface area contributed by atoms with E-state index in [1.54, 1.807) is 24.3 Å². The van der Waals surface area contributed by atoms with Crippen LogP contribution in [0.3, 0.4) is 0 Å². The summed E-state index contributed by atoms with van der Waals surface area (Å²) in [7, 11) is 0. The minimum atomic E-state index is -1.09. The van der Waals surface area contributed by atoms with Crippen molar-refractivity contribution in [3.8, 4) is 0 Å². The highest BCUT2D eigenvalue weighted by Crippen LogP contribution is 2.28. The quantitative estimate of drug-likeness (QED) is 0.495. The summed E-state index contributed by atoms with van der Waals surface area (Å²) in [5, 5.41) is 9.82. The Bertz CT molecular complexity index is 1360. The lowest BCUT2D eigenvalue weighted by Crippen LogP contribution is -2.51. The molecule has 0 aliphatic heterocycles. The first kappa shape index (κ1) is 24.7. The van der Waals surface area contributed by atoms with E-state index in [4.69, 9.17) is 11.6 Å². The molecule has 1 heterocycles. The molecule has 1 fully saturated rings. The number of hydrogen-bond donors (Lipinski definition) is 2. The minimum Gasteiger partial charge on any atom is -0.481 e. The topological polar surface area (TPSA) is 109 Å². The average Bonchev–Trinajstić information content (AvgIpc) is 3.34. The first-order valence-corrected chi connectivity index (χ1v) is 12.2. The largest absolute Gasteiger partial charge is 0.481 e. The highest BCUT2D eigenvalue weighted by molar-refractivity contribution is 6.30. The summed E-state index contributed by atoms with van der Waals surface area (Å²) in [5.41, 5.74) is 1.40. The number of nitrogens with zero attached hydrogens (tertiary/aromatic N) is 3. The van der Waals surface area contributed by atoms with Gasteiger partial charge >= 0.3 is 17.3 Å². The van der Waals surface area contributed by atoms with Crippen LogP contribution in [0, 0.1) is 11.8 Å². The van der Waals surface area contributed by atoms with Gasteiger partial charge in [-0.15, -0.1) is 0 Å². The van der Waals surface area contributed by atoms with Crippen LogP contribution in [0.15, 0.2) is 63.1 Å². The summed E-state index contributed by atoms with van der Waals surface area (Å²) in [6, 6.07) is 14.8. The lowest BCUT2D eigenvalue weighted by Gasteiger charge is -2.13. The van der Waals surface area contributed by atoms with Crippen LogP contribution in [0.5, 0.6) is 0 Å². The summed E-state index contributed by atoms with van der Waals surface area (Å²) in [6.07, 6.45) is 6.20. The van der Waals surface area contributed by atoms with E-state index in [9.17, 15) is 19.5 Å². The van der Waals surface area contributed by atoms with Gasteiger partial charge in [-0.1, -0.05) is 68.5 Å². The van der Waals surface area contributed by atoms with Crippen molar-refractivity contribution in [2.24, 2.45) is 16.8 Å². The predicted molar refractivity (Wildman–Crippen MR) is 134 cm³/mol. The third-order valence-corrected chi connectivity index (χ3v) is 6.74. The third-order valence-electron chi connectivity index (χ3n) is 6.48. The second kappa shape index (κ2) is 10.9. The molecule has 0 amide bonds. The smallest absolute Gasteiger partial charge is 0.335 e. The summed E-state index contributed by atoms with van der Waals surface area (Å²) < 4.78 is 2.24. The zero-order valence-corrected chi connectivity index (χ0v) is 20.4. The van der Waals surface area contributed by atoms with E-state index in [1.807, 2.05) is 24.3 Å². The van der Waals surface area contributed by atoms with Crippen LogP contribution < -0.4 is 17.0 Å². The molecular weight excluding hydrogens is 468 g/mol. The van der Waals surface area contributed by atoms with Gasteiger partial charge in [0.2, 0.25) is 5.62 Å². The van der Waals surface area contributed by atoms with Crippen LogP contribution in [0.25, 0.3) is 0 Å². The average molecular weight is 497 g/mol. The Labute approximate surface area is 207 Å². The normalized spacial score (nSPS) is 15.4. The van der Waals surface area contributed by atoms with Gasteiger partial charge in [0.1, 0.15) is 0 Å². The molecule has 0 spiro atoms. The number of H-pyrrole nitrogens is 1. The molecule has 1 saturated carbocycles. The Morgan fingerprint density at radius 1 is 1.06 bits per heavy atom. The maximum atomic E-state index is 13.3. The van der Waals surface area contributed by atoms with Gasteiger partial charge in [0, 0.05) is 11.6 Å². The summed E-state index contributed by atoms with van der Waals surface area (Å²) in [5.74, 6) is -1.27. The van der Waals surface area contributed by atoms with E-state index < -0.39 is 23.3 Å². The van der Waals surface area contributed by atoms with Crippen LogP contribution >= 0.6 is 11.6 Å².